The first kappa shape index (κ1) is 36.4. The molecule has 1 unspecified atom stereocenters. The zero-order chi connectivity index (χ0) is 37.1. The molecule has 2 aliphatic heterocycles. The number of aromatic nitrogens is 4. The third-order valence-electron chi connectivity index (χ3n) is 11.7. The lowest BCUT2D eigenvalue weighted by molar-refractivity contribution is -0.137. The van der Waals surface area contributed by atoms with Gasteiger partial charge in [0.2, 0.25) is 5.89 Å². The number of carbonyl (C=O) groups is 1. The number of aromatic amines is 2. The van der Waals surface area contributed by atoms with Crippen LogP contribution in [0.4, 0.5) is 11.4 Å². The van der Waals surface area contributed by atoms with Crippen molar-refractivity contribution in [1.82, 2.24) is 20.1 Å². The number of thioether (sulfide) groups is 2. The second-order valence-electron chi connectivity index (χ2n) is 15.8. The van der Waals surface area contributed by atoms with Gasteiger partial charge in [0.1, 0.15) is 10.1 Å². The minimum atomic E-state index is -0.787. The fourth-order valence-corrected chi connectivity index (χ4v) is 10.9. The number of para-hydroxylation sites is 2. The minimum absolute atomic E-state index is 0.102. The number of nitrogens with one attached hydrogen (secondary N) is 4. The fraction of sp³-hybridized carbons (Fsp3) is 0.500. The van der Waals surface area contributed by atoms with Crippen LogP contribution in [0.1, 0.15) is 112 Å². The summed E-state index contributed by atoms with van der Waals surface area (Å²) >= 11 is 3.45. The predicted molar refractivity (Wildman–Crippen MR) is 225 cm³/mol. The summed E-state index contributed by atoms with van der Waals surface area (Å²) in [5.74, 6) is 3.04. The molecular formula is C42H50N8O3S2. The van der Waals surface area contributed by atoms with Crippen LogP contribution in [0.15, 0.2) is 63.0 Å². The molecule has 0 amide bonds. The summed E-state index contributed by atoms with van der Waals surface area (Å²) in [6.45, 7) is 0. The van der Waals surface area contributed by atoms with Crippen molar-refractivity contribution >= 4 is 72.8 Å². The standard InChI is InChI=1S/C24H29N5OS.C18H21N3O2S/c1-2-7-15(6-1)23-28-21(30-29-23)13-18-14-31-24(26-18)20-12-16-8-5-11-19(22(16)27-20)25-17-9-3-4-10-17;22-16(23)9-13-10-24-18(20-13)15-8-11-4-3-7-14(17(11)21-15)19-12-5-1-2-6-12/h5,8,11-12,15,17-18,25,27H,1-4,6-7,9-10,13-14H2;3-4,7-8,12-13,19,21H,1-2,5-6,9-10H2,(H,22,23)/t18-;/m1./s1. The summed E-state index contributed by atoms with van der Waals surface area (Å²) in [5, 5.41) is 25.0. The lowest BCUT2D eigenvalue weighted by Crippen LogP contribution is -2.14. The molecule has 3 aromatic heterocycles. The average Bonchev–Trinajstić information content (AvgIpc) is 4.00. The van der Waals surface area contributed by atoms with Gasteiger partial charge in [-0.2, -0.15) is 4.98 Å². The van der Waals surface area contributed by atoms with Gasteiger partial charge in [-0.15, -0.1) is 23.5 Å². The van der Waals surface area contributed by atoms with E-state index in [2.05, 4.69) is 84.3 Å². The Hall–Kier alpha value is -4.23. The Kier molecular flexibility index (Phi) is 10.9. The van der Waals surface area contributed by atoms with Crippen LogP contribution in [0, 0.1) is 0 Å². The van der Waals surface area contributed by atoms with Gasteiger partial charge in [0.15, 0.2) is 5.82 Å². The number of carboxylic acids is 1. The van der Waals surface area contributed by atoms with Gasteiger partial charge in [0.25, 0.3) is 0 Å². The van der Waals surface area contributed by atoms with E-state index in [1.807, 2.05) is 11.8 Å². The van der Waals surface area contributed by atoms with E-state index in [-0.39, 0.29) is 18.5 Å². The number of hydrogen-bond acceptors (Lipinski definition) is 10. The first-order valence-corrected chi connectivity index (χ1v) is 22.2. The van der Waals surface area contributed by atoms with Crippen molar-refractivity contribution < 1.29 is 14.4 Å². The zero-order valence-electron chi connectivity index (χ0n) is 31.2. The Labute approximate surface area is 329 Å². The monoisotopic (exact) mass is 778 g/mol. The molecule has 55 heavy (non-hydrogen) atoms. The molecule has 3 aliphatic carbocycles. The van der Waals surface area contributed by atoms with Crippen LogP contribution in [0.5, 0.6) is 0 Å². The highest BCUT2D eigenvalue weighted by Crippen LogP contribution is 2.35. The van der Waals surface area contributed by atoms with Gasteiger partial charge in [-0.05, 0) is 62.8 Å². The minimum Gasteiger partial charge on any atom is -0.481 e. The molecule has 288 valence electrons. The number of carboxylic acid groups (broad SMARTS) is 1. The van der Waals surface area contributed by atoms with Crippen molar-refractivity contribution in [3.63, 3.8) is 0 Å². The maximum Gasteiger partial charge on any atom is 0.305 e. The van der Waals surface area contributed by atoms with E-state index in [0.717, 1.165) is 67.7 Å². The number of nitrogens with zero attached hydrogens (tertiary/aromatic N) is 4. The molecule has 5 aliphatic rings. The largest absolute Gasteiger partial charge is 0.481 e. The summed E-state index contributed by atoms with van der Waals surface area (Å²) < 4.78 is 5.55. The molecule has 3 saturated carbocycles. The molecular weight excluding hydrogens is 729 g/mol. The maximum absolute atomic E-state index is 10.9. The fourth-order valence-electron chi connectivity index (χ4n) is 8.80. The Balaban J connectivity index is 0.000000149. The SMILES string of the molecule is O=C(O)CC1CSC(c2cc3cccc(NC4CCCC4)c3[nH]2)=N1.c1cc(NC2CCCC2)c2[nH]c(C3=N[C@H](Cc4nc(C5CCCC5)no4)CS3)cc2c1. The summed E-state index contributed by atoms with van der Waals surface area (Å²) in [6.07, 6.45) is 16.1. The third kappa shape index (κ3) is 8.47. The molecule has 2 atom stereocenters. The number of aliphatic imine (C=N–C) groups is 2. The normalized spacial score (nSPS) is 22.0. The van der Waals surface area contributed by atoms with Crippen LogP contribution in [-0.2, 0) is 11.2 Å². The van der Waals surface area contributed by atoms with Crippen molar-refractivity contribution in [2.24, 2.45) is 9.98 Å². The van der Waals surface area contributed by atoms with Gasteiger partial charge < -0.3 is 30.2 Å². The first-order valence-electron chi connectivity index (χ1n) is 20.2. The van der Waals surface area contributed by atoms with Gasteiger partial charge in [0, 0.05) is 40.3 Å². The number of anilines is 2. The quantitative estimate of drug-likeness (QED) is 0.0881. The number of benzene rings is 2. The number of rotatable bonds is 11. The molecule has 5 aromatic rings. The van der Waals surface area contributed by atoms with E-state index >= 15 is 0 Å². The van der Waals surface area contributed by atoms with Crippen LogP contribution in [-0.4, -0.2) is 76.9 Å². The Morgan fingerprint density at radius 3 is 1.84 bits per heavy atom. The van der Waals surface area contributed by atoms with Crippen LogP contribution in [0.3, 0.4) is 0 Å². The molecule has 10 rings (SSSR count). The Bertz CT molecular complexity index is 2190. The smallest absolute Gasteiger partial charge is 0.305 e. The molecule has 5 heterocycles. The number of aliphatic carboxylic acids is 1. The highest BCUT2D eigenvalue weighted by molar-refractivity contribution is 8.15. The van der Waals surface area contributed by atoms with E-state index < -0.39 is 5.97 Å². The lowest BCUT2D eigenvalue weighted by atomic mass is 10.1. The first-order chi connectivity index (χ1) is 27.0. The lowest BCUT2D eigenvalue weighted by Gasteiger charge is -2.14. The molecule has 11 nitrogen and oxygen atoms in total. The number of hydrogen-bond donors (Lipinski definition) is 5. The van der Waals surface area contributed by atoms with E-state index in [0.29, 0.717) is 18.0 Å². The molecule has 3 fully saturated rings. The predicted octanol–water partition coefficient (Wildman–Crippen LogP) is 9.53. The van der Waals surface area contributed by atoms with Gasteiger partial charge in [-0.25, -0.2) is 0 Å². The van der Waals surface area contributed by atoms with Crippen molar-refractivity contribution in [2.75, 3.05) is 22.1 Å². The van der Waals surface area contributed by atoms with Crippen LogP contribution >= 0.6 is 23.5 Å². The summed E-state index contributed by atoms with van der Waals surface area (Å²) in [5.41, 5.74) is 6.76. The van der Waals surface area contributed by atoms with Gasteiger partial charge in [-0.1, -0.05) is 67.9 Å². The van der Waals surface area contributed by atoms with Gasteiger partial charge >= 0.3 is 5.97 Å². The second kappa shape index (κ2) is 16.5. The van der Waals surface area contributed by atoms with Crippen LogP contribution in [0.25, 0.3) is 21.8 Å². The van der Waals surface area contributed by atoms with E-state index in [1.165, 1.54) is 93.6 Å². The van der Waals surface area contributed by atoms with E-state index in [9.17, 15) is 4.79 Å². The van der Waals surface area contributed by atoms with Crippen molar-refractivity contribution in [1.29, 1.82) is 0 Å². The summed E-state index contributed by atoms with van der Waals surface area (Å²) in [6, 6.07) is 18.4. The molecule has 5 N–H and O–H groups in total. The van der Waals surface area contributed by atoms with Crippen LogP contribution in [0.2, 0.25) is 0 Å². The van der Waals surface area contributed by atoms with E-state index in [1.54, 1.807) is 11.8 Å². The molecule has 2 aromatic carbocycles. The van der Waals surface area contributed by atoms with Crippen LogP contribution < -0.4 is 10.6 Å². The topological polar surface area (TPSA) is 157 Å². The number of fused-ring (bicyclic) bond motifs is 2. The molecule has 13 heteroatoms. The number of H-pyrrole nitrogens is 2. The van der Waals surface area contributed by atoms with Gasteiger partial charge in [0.05, 0.1) is 58.7 Å². The molecule has 0 spiro atoms. The summed E-state index contributed by atoms with van der Waals surface area (Å²) in [4.78, 5) is 32.2. The third-order valence-corrected chi connectivity index (χ3v) is 14.0. The van der Waals surface area contributed by atoms with Crippen molar-refractivity contribution in [3.05, 3.63) is 71.6 Å². The highest BCUT2D eigenvalue weighted by atomic mass is 32.2. The summed E-state index contributed by atoms with van der Waals surface area (Å²) in [7, 11) is 0. The maximum atomic E-state index is 10.9. The van der Waals surface area contributed by atoms with Crippen molar-refractivity contribution in [3.8, 4) is 0 Å². The molecule has 0 saturated heterocycles. The Morgan fingerprint density at radius 2 is 1.27 bits per heavy atom. The zero-order valence-corrected chi connectivity index (χ0v) is 32.8. The molecule has 0 bridgehead atoms. The Morgan fingerprint density at radius 1 is 0.745 bits per heavy atom. The molecule has 0 radical (unpaired) electrons. The van der Waals surface area contributed by atoms with Crippen molar-refractivity contribution in [2.45, 2.75) is 120 Å². The highest BCUT2D eigenvalue weighted by Gasteiger charge is 2.27. The van der Waals surface area contributed by atoms with E-state index in [4.69, 9.17) is 14.6 Å². The second-order valence-corrected chi connectivity index (χ2v) is 17.8. The van der Waals surface area contributed by atoms with Gasteiger partial charge in [-0.3, -0.25) is 14.8 Å². The average molecular weight is 779 g/mol.